The molecule has 0 unspecified atom stereocenters. The largest absolute Gasteiger partial charge is 0.347 e. The van der Waals surface area contributed by atoms with E-state index in [0.29, 0.717) is 11.3 Å². The topological polar surface area (TPSA) is 66.5 Å². The van der Waals surface area contributed by atoms with Gasteiger partial charge in [-0.05, 0) is 63.1 Å². The molecule has 0 aromatic heterocycles. The third-order valence-electron chi connectivity index (χ3n) is 3.72. The van der Waals surface area contributed by atoms with Gasteiger partial charge in [0.05, 0.1) is 18.5 Å². The van der Waals surface area contributed by atoms with E-state index in [0.717, 1.165) is 11.1 Å². The molecule has 140 valence electrons. The lowest BCUT2D eigenvalue weighted by molar-refractivity contribution is 0.0919. The van der Waals surface area contributed by atoms with E-state index in [4.69, 9.17) is 0 Å². The first kappa shape index (κ1) is 20.0. The van der Waals surface area contributed by atoms with Gasteiger partial charge in [0, 0.05) is 11.1 Å². The van der Waals surface area contributed by atoms with Crippen molar-refractivity contribution >= 4 is 21.6 Å². The van der Waals surface area contributed by atoms with Gasteiger partial charge in [-0.15, -0.1) is 0 Å². The molecular formula is C20H26N2O3S. The van der Waals surface area contributed by atoms with Crippen LogP contribution in [0.2, 0.25) is 0 Å². The zero-order chi connectivity index (χ0) is 19.5. The highest BCUT2D eigenvalue weighted by atomic mass is 32.2. The van der Waals surface area contributed by atoms with Crippen molar-refractivity contribution in [1.29, 1.82) is 0 Å². The molecule has 1 N–H and O–H groups in total. The summed E-state index contributed by atoms with van der Waals surface area (Å²) < 4.78 is 25.8. The van der Waals surface area contributed by atoms with Crippen LogP contribution in [0.5, 0.6) is 0 Å². The number of hydrogen-bond donors (Lipinski definition) is 1. The summed E-state index contributed by atoms with van der Waals surface area (Å²) in [5.41, 5.74) is 2.66. The van der Waals surface area contributed by atoms with Crippen LogP contribution < -0.4 is 9.62 Å². The van der Waals surface area contributed by atoms with Crippen LogP contribution >= 0.6 is 0 Å². The number of anilines is 1. The van der Waals surface area contributed by atoms with Crippen molar-refractivity contribution in [2.24, 2.45) is 0 Å². The van der Waals surface area contributed by atoms with E-state index in [-0.39, 0.29) is 18.0 Å². The molecular weight excluding hydrogens is 348 g/mol. The maximum absolute atomic E-state index is 12.2. The number of nitrogens with zero attached hydrogens (tertiary/aromatic N) is 1. The summed E-state index contributed by atoms with van der Waals surface area (Å²) >= 11 is 0. The number of benzene rings is 2. The van der Waals surface area contributed by atoms with Gasteiger partial charge in [-0.1, -0.05) is 24.3 Å². The third-order valence-corrected chi connectivity index (χ3v) is 4.86. The summed E-state index contributed by atoms with van der Waals surface area (Å²) in [5.74, 6) is -0.150. The summed E-state index contributed by atoms with van der Waals surface area (Å²) in [6.45, 7) is 7.90. The molecule has 0 atom stereocenters. The SMILES string of the molecule is Cc1cccc(N(Cc2ccc(C(=O)NC(C)(C)C)cc2)S(C)(=O)=O)c1. The average Bonchev–Trinajstić information content (AvgIpc) is 2.50. The van der Waals surface area contributed by atoms with Gasteiger partial charge in [0.1, 0.15) is 0 Å². The minimum atomic E-state index is -3.43. The molecule has 0 saturated carbocycles. The Morgan fingerprint density at radius 2 is 1.69 bits per heavy atom. The molecule has 0 aliphatic rings. The van der Waals surface area contributed by atoms with Crippen LogP contribution in [0.1, 0.15) is 42.3 Å². The first-order valence-corrected chi connectivity index (χ1v) is 10.3. The van der Waals surface area contributed by atoms with Crippen LogP contribution in [-0.4, -0.2) is 26.1 Å². The fraction of sp³-hybridized carbons (Fsp3) is 0.350. The van der Waals surface area contributed by atoms with Gasteiger partial charge in [-0.3, -0.25) is 9.10 Å². The Morgan fingerprint density at radius 3 is 2.19 bits per heavy atom. The number of carbonyl (C=O) groups excluding carboxylic acids is 1. The van der Waals surface area contributed by atoms with Crippen molar-refractivity contribution < 1.29 is 13.2 Å². The predicted octanol–water partition coefficient (Wildman–Crippen LogP) is 3.49. The molecule has 6 heteroatoms. The fourth-order valence-electron chi connectivity index (χ4n) is 2.52. The molecule has 0 bridgehead atoms. The standard InChI is InChI=1S/C20H26N2O3S/c1-15-7-6-8-18(13-15)22(26(5,24)25)14-16-9-11-17(12-10-16)19(23)21-20(2,3)4/h6-13H,14H2,1-5H3,(H,21,23). The summed E-state index contributed by atoms with van der Waals surface area (Å²) in [6.07, 6.45) is 1.19. The summed E-state index contributed by atoms with van der Waals surface area (Å²) in [5, 5.41) is 2.91. The number of rotatable bonds is 5. The number of aryl methyl sites for hydroxylation is 1. The molecule has 2 aromatic carbocycles. The second kappa shape index (κ2) is 7.50. The molecule has 1 amide bonds. The Labute approximate surface area is 156 Å². The smallest absolute Gasteiger partial charge is 0.251 e. The molecule has 0 fully saturated rings. The lowest BCUT2D eigenvalue weighted by atomic mass is 10.1. The van der Waals surface area contributed by atoms with E-state index in [1.54, 1.807) is 30.3 Å². The van der Waals surface area contributed by atoms with E-state index in [1.165, 1.54) is 10.6 Å². The first-order valence-electron chi connectivity index (χ1n) is 8.41. The molecule has 0 spiro atoms. The normalized spacial score (nSPS) is 11.9. The van der Waals surface area contributed by atoms with Crippen LogP contribution in [0, 0.1) is 6.92 Å². The van der Waals surface area contributed by atoms with Gasteiger partial charge in [-0.25, -0.2) is 8.42 Å². The minimum absolute atomic E-state index is 0.150. The third kappa shape index (κ3) is 5.59. The second-order valence-corrected chi connectivity index (χ2v) is 9.42. The van der Waals surface area contributed by atoms with Crippen molar-refractivity contribution in [3.8, 4) is 0 Å². The summed E-state index contributed by atoms with van der Waals surface area (Å²) in [4.78, 5) is 12.2. The Bertz CT molecular complexity index is 882. The van der Waals surface area contributed by atoms with Crippen molar-refractivity contribution in [1.82, 2.24) is 5.32 Å². The van der Waals surface area contributed by atoms with E-state index in [1.807, 2.05) is 45.9 Å². The Balaban J connectivity index is 2.23. The van der Waals surface area contributed by atoms with Crippen LogP contribution in [0.25, 0.3) is 0 Å². The lowest BCUT2D eigenvalue weighted by Crippen LogP contribution is -2.40. The molecule has 2 rings (SSSR count). The number of carbonyl (C=O) groups is 1. The Hall–Kier alpha value is -2.34. The molecule has 0 aliphatic heterocycles. The van der Waals surface area contributed by atoms with Gasteiger partial charge in [-0.2, -0.15) is 0 Å². The number of hydrogen-bond acceptors (Lipinski definition) is 3. The highest BCUT2D eigenvalue weighted by molar-refractivity contribution is 7.92. The lowest BCUT2D eigenvalue weighted by Gasteiger charge is -2.23. The van der Waals surface area contributed by atoms with Gasteiger partial charge in [0.25, 0.3) is 5.91 Å². The maximum atomic E-state index is 12.2. The average molecular weight is 375 g/mol. The number of sulfonamides is 1. The number of nitrogens with one attached hydrogen (secondary N) is 1. The predicted molar refractivity (Wildman–Crippen MR) is 106 cm³/mol. The molecule has 0 radical (unpaired) electrons. The van der Waals surface area contributed by atoms with E-state index in [9.17, 15) is 13.2 Å². The van der Waals surface area contributed by atoms with Crippen molar-refractivity contribution in [3.63, 3.8) is 0 Å². The molecule has 2 aromatic rings. The first-order chi connectivity index (χ1) is 12.0. The van der Waals surface area contributed by atoms with Crippen LogP contribution in [0.3, 0.4) is 0 Å². The van der Waals surface area contributed by atoms with Crippen LogP contribution in [-0.2, 0) is 16.6 Å². The van der Waals surface area contributed by atoms with E-state index in [2.05, 4.69) is 5.32 Å². The molecule has 5 nitrogen and oxygen atoms in total. The quantitative estimate of drug-likeness (QED) is 0.871. The highest BCUT2D eigenvalue weighted by Gasteiger charge is 2.19. The highest BCUT2D eigenvalue weighted by Crippen LogP contribution is 2.22. The van der Waals surface area contributed by atoms with Crippen molar-refractivity contribution in [3.05, 3.63) is 65.2 Å². The van der Waals surface area contributed by atoms with Gasteiger partial charge >= 0.3 is 0 Å². The maximum Gasteiger partial charge on any atom is 0.251 e. The molecule has 26 heavy (non-hydrogen) atoms. The summed E-state index contributed by atoms with van der Waals surface area (Å²) in [6, 6.07) is 14.4. The zero-order valence-electron chi connectivity index (χ0n) is 15.9. The molecule has 0 aliphatic carbocycles. The van der Waals surface area contributed by atoms with Crippen LogP contribution in [0.4, 0.5) is 5.69 Å². The Morgan fingerprint density at radius 1 is 1.08 bits per heavy atom. The minimum Gasteiger partial charge on any atom is -0.347 e. The van der Waals surface area contributed by atoms with E-state index < -0.39 is 10.0 Å². The van der Waals surface area contributed by atoms with E-state index >= 15 is 0 Å². The van der Waals surface area contributed by atoms with Gasteiger partial charge in [0.15, 0.2) is 0 Å². The van der Waals surface area contributed by atoms with Crippen molar-refractivity contribution in [2.75, 3.05) is 10.6 Å². The zero-order valence-corrected chi connectivity index (χ0v) is 16.7. The summed E-state index contributed by atoms with van der Waals surface area (Å²) in [7, 11) is -3.43. The number of amides is 1. The van der Waals surface area contributed by atoms with Gasteiger partial charge in [0.2, 0.25) is 10.0 Å². The molecule has 0 heterocycles. The molecule has 0 saturated heterocycles. The second-order valence-electron chi connectivity index (χ2n) is 7.51. The van der Waals surface area contributed by atoms with Gasteiger partial charge < -0.3 is 5.32 Å². The monoisotopic (exact) mass is 374 g/mol. The van der Waals surface area contributed by atoms with Crippen LogP contribution in [0.15, 0.2) is 48.5 Å². The fourth-order valence-corrected chi connectivity index (χ4v) is 3.40. The van der Waals surface area contributed by atoms with Crippen molar-refractivity contribution in [2.45, 2.75) is 39.8 Å². The Kier molecular flexibility index (Phi) is 5.76.